The van der Waals surface area contributed by atoms with Crippen molar-refractivity contribution >= 4 is 22.6 Å². The predicted molar refractivity (Wildman–Crippen MR) is 104 cm³/mol. The lowest BCUT2D eigenvalue weighted by molar-refractivity contribution is -0.115. The van der Waals surface area contributed by atoms with Crippen molar-refractivity contribution < 1.29 is 13.6 Å². The molecule has 0 fully saturated rings. The second-order valence-electron chi connectivity index (χ2n) is 7.26. The molecule has 0 bridgehead atoms. The van der Waals surface area contributed by atoms with Gasteiger partial charge in [-0.3, -0.25) is 4.79 Å². The summed E-state index contributed by atoms with van der Waals surface area (Å²) in [5, 5.41) is 14.9. The largest absolute Gasteiger partial charge is 0.464 e. The predicted octanol–water partition coefficient (Wildman–Crippen LogP) is 3.53. The summed E-state index contributed by atoms with van der Waals surface area (Å²) in [6.07, 6.45) is 5.11. The Hall–Kier alpha value is -3.55. The number of amides is 1. The molecular weight excluding hydrogens is 373 g/mol. The molecule has 1 aliphatic carbocycles. The number of anilines is 1. The van der Waals surface area contributed by atoms with Crippen LogP contribution >= 0.6 is 0 Å². The lowest BCUT2D eigenvalue weighted by Gasteiger charge is -2.09. The highest BCUT2D eigenvalue weighted by molar-refractivity contribution is 5.95. The van der Waals surface area contributed by atoms with Crippen LogP contribution in [0.1, 0.15) is 28.9 Å². The lowest BCUT2D eigenvalue weighted by Crippen LogP contribution is -2.15. The number of benzene rings is 2. The number of aromatic nitrogens is 4. The molecule has 0 saturated heterocycles. The summed E-state index contributed by atoms with van der Waals surface area (Å²) >= 11 is 0. The molecule has 2 heterocycles. The van der Waals surface area contributed by atoms with Gasteiger partial charge in [0, 0.05) is 16.6 Å². The average Bonchev–Trinajstić information content (AvgIpc) is 3.42. The van der Waals surface area contributed by atoms with Gasteiger partial charge in [-0.25, -0.2) is 4.39 Å². The van der Waals surface area contributed by atoms with E-state index in [1.165, 1.54) is 34.0 Å². The first kappa shape index (κ1) is 17.5. The zero-order valence-electron chi connectivity index (χ0n) is 15.8. The van der Waals surface area contributed by atoms with Gasteiger partial charge in [0.05, 0.1) is 12.7 Å². The Morgan fingerprint density at radius 2 is 2.07 bits per heavy atom. The highest BCUT2D eigenvalue weighted by atomic mass is 19.1. The average molecular weight is 391 g/mol. The van der Waals surface area contributed by atoms with Crippen molar-refractivity contribution in [3.63, 3.8) is 0 Å². The quantitative estimate of drug-likeness (QED) is 0.575. The van der Waals surface area contributed by atoms with E-state index in [1.54, 1.807) is 13.2 Å². The van der Waals surface area contributed by atoms with Gasteiger partial charge in [-0.1, -0.05) is 0 Å². The van der Waals surface area contributed by atoms with Gasteiger partial charge in [-0.05, 0) is 78.1 Å². The van der Waals surface area contributed by atoms with Crippen LogP contribution in [-0.4, -0.2) is 26.1 Å². The van der Waals surface area contributed by atoms with Crippen LogP contribution in [0.4, 0.5) is 10.1 Å². The van der Waals surface area contributed by atoms with Crippen molar-refractivity contribution in [3.05, 3.63) is 64.9 Å². The molecule has 1 N–H and O–H groups in total. The van der Waals surface area contributed by atoms with E-state index >= 15 is 0 Å². The molecule has 0 saturated carbocycles. The van der Waals surface area contributed by atoms with Gasteiger partial charge in [0.15, 0.2) is 5.82 Å². The number of hydrogen-bond donors (Lipinski definition) is 1. The molecule has 0 radical (unpaired) electrons. The number of furan rings is 1. The van der Waals surface area contributed by atoms with Crippen LogP contribution in [0.25, 0.3) is 16.7 Å². The number of rotatable bonds is 4. The van der Waals surface area contributed by atoms with E-state index in [9.17, 15) is 9.18 Å². The monoisotopic (exact) mass is 391 g/mol. The summed E-state index contributed by atoms with van der Waals surface area (Å²) in [7, 11) is 0. The first-order chi connectivity index (χ1) is 14.1. The van der Waals surface area contributed by atoms with E-state index in [0.29, 0.717) is 11.5 Å². The number of carbonyl (C=O) groups is 1. The molecule has 0 atom stereocenters. The van der Waals surface area contributed by atoms with Crippen molar-refractivity contribution in [2.45, 2.75) is 32.6 Å². The minimum atomic E-state index is -0.479. The fourth-order valence-corrected chi connectivity index (χ4v) is 3.87. The standard InChI is InChI=1S/C21H18FN5O2/c1-12-24-25-26-27(12)19-10-16(5-6-18(19)22)23-21(28)9-15-11-29-20-8-14-4-2-3-13(14)7-17(15)20/h5-8,10-11H,2-4,9H2,1H3,(H,23,28). The fraction of sp³-hybridized carbons (Fsp3) is 0.238. The smallest absolute Gasteiger partial charge is 0.228 e. The molecule has 0 unspecified atom stereocenters. The third-order valence-corrected chi connectivity index (χ3v) is 5.30. The van der Waals surface area contributed by atoms with Gasteiger partial charge in [0.1, 0.15) is 17.1 Å². The van der Waals surface area contributed by atoms with E-state index in [0.717, 1.165) is 35.8 Å². The maximum absolute atomic E-state index is 14.2. The third kappa shape index (κ3) is 3.16. The molecule has 2 aromatic carbocycles. The molecule has 8 heteroatoms. The molecule has 2 aromatic heterocycles. The number of carbonyl (C=O) groups excluding carboxylic acids is 1. The van der Waals surface area contributed by atoms with E-state index < -0.39 is 5.82 Å². The van der Waals surface area contributed by atoms with E-state index in [2.05, 4.69) is 33.0 Å². The normalized spacial score (nSPS) is 13.0. The number of halogens is 1. The molecule has 1 aliphatic rings. The number of nitrogens with zero attached hydrogens (tertiary/aromatic N) is 4. The van der Waals surface area contributed by atoms with Gasteiger partial charge >= 0.3 is 0 Å². The first-order valence-corrected chi connectivity index (χ1v) is 9.45. The van der Waals surface area contributed by atoms with Crippen molar-refractivity contribution in [1.29, 1.82) is 0 Å². The Labute approximate surface area is 165 Å². The summed E-state index contributed by atoms with van der Waals surface area (Å²) < 4.78 is 21.2. The molecule has 29 heavy (non-hydrogen) atoms. The highest BCUT2D eigenvalue weighted by Crippen LogP contribution is 2.30. The van der Waals surface area contributed by atoms with Gasteiger partial charge in [0.2, 0.25) is 5.91 Å². The molecule has 5 rings (SSSR count). The van der Waals surface area contributed by atoms with Gasteiger partial charge in [-0.15, -0.1) is 5.10 Å². The zero-order chi connectivity index (χ0) is 20.0. The van der Waals surface area contributed by atoms with Crippen LogP contribution in [0.3, 0.4) is 0 Å². The number of tetrazole rings is 1. The minimum Gasteiger partial charge on any atom is -0.464 e. The number of hydrogen-bond acceptors (Lipinski definition) is 5. The Kier molecular flexibility index (Phi) is 4.12. The molecule has 0 aliphatic heterocycles. The summed E-state index contributed by atoms with van der Waals surface area (Å²) in [6, 6.07) is 8.52. The maximum atomic E-state index is 14.2. The van der Waals surface area contributed by atoms with Gasteiger partial charge in [-0.2, -0.15) is 4.68 Å². The van der Waals surface area contributed by atoms with Crippen LogP contribution < -0.4 is 5.32 Å². The molecule has 7 nitrogen and oxygen atoms in total. The summed E-state index contributed by atoms with van der Waals surface area (Å²) in [4.78, 5) is 12.6. The summed E-state index contributed by atoms with van der Waals surface area (Å²) in [6.45, 7) is 1.67. The Bertz CT molecular complexity index is 1240. The van der Waals surface area contributed by atoms with E-state index in [1.807, 2.05) is 0 Å². The van der Waals surface area contributed by atoms with Crippen molar-refractivity contribution in [1.82, 2.24) is 20.2 Å². The van der Waals surface area contributed by atoms with Crippen LogP contribution in [0, 0.1) is 12.7 Å². The number of aryl methyl sites for hydroxylation is 3. The summed E-state index contributed by atoms with van der Waals surface area (Å²) in [5.41, 5.74) is 4.96. The zero-order valence-corrected chi connectivity index (χ0v) is 15.8. The van der Waals surface area contributed by atoms with E-state index in [4.69, 9.17) is 4.42 Å². The Morgan fingerprint density at radius 3 is 2.86 bits per heavy atom. The molecule has 146 valence electrons. The van der Waals surface area contributed by atoms with Crippen molar-refractivity contribution in [2.75, 3.05) is 5.32 Å². The second kappa shape index (κ2) is 6.80. The number of fused-ring (bicyclic) bond motifs is 2. The van der Waals surface area contributed by atoms with Crippen LogP contribution in [0.15, 0.2) is 41.0 Å². The Balaban J connectivity index is 1.38. The lowest BCUT2D eigenvalue weighted by atomic mass is 10.0. The van der Waals surface area contributed by atoms with E-state index in [-0.39, 0.29) is 18.0 Å². The Morgan fingerprint density at radius 1 is 1.24 bits per heavy atom. The molecular formula is C21H18FN5O2. The topological polar surface area (TPSA) is 85.8 Å². The first-order valence-electron chi connectivity index (χ1n) is 9.45. The molecule has 4 aromatic rings. The SMILES string of the molecule is Cc1nnnn1-c1cc(NC(=O)Cc2coc3cc4c(cc23)CCC4)ccc1F. The minimum absolute atomic E-state index is 0.169. The highest BCUT2D eigenvalue weighted by Gasteiger charge is 2.17. The van der Waals surface area contributed by atoms with Gasteiger partial charge in [0.25, 0.3) is 0 Å². The maximum Gasteiger partial charge on any atom is 0.228 e. The van der Waals surface area contributed by atoms with Crippen LogP contribution in [0.2, 0.25) is 0 Å². The van der Waals surface area contributed by atoms with Crippen molar-refractivity contribution in [3.8, 4) is 5.69 Å². The summed E-state index contributed by atoms with van der Waals surface area (Å²) in [5.74, 6) is -0.239. The van der Waals surface area contributed by atoms with Gasteiger partial charge < -0.3 is 9.73 Å². The van der Waals surface area contributed by atoms with Crippen LogP contribution in [0.5, 0.6) is 0 Å². The second-order valence-corrected chi connectivity index (χ2v) is 7.26. The molecule has 1 amide bonds. The number of nitrogens with one attached hydrogen (secondary N) is 1. The van der Waals surface area contributed by atoms with Crippen LogP contribution in [-0.2, 0) is 24.1 Å². The van der Waals surface area contributed by atoms with Crippen molar-refractivity contribution in [2.24, 2.45) is 0 Å². The fourth-order valence-electron chi connectivity index (χ4n) is 3.87. The molecule has 0 spiro atoms. The third-order valence-electron chi connectivity index (χ3n) is 5.30.